The van der Waals surface area contributed by atoms with E-state index in [-0.39, 0.29) is 11.3 Å². The van der Waals surface area contributed by atoms with Crippen molar-refractivity contribution in [3.05, 3.63) is 95.0 Å². The van der Waals surface area contributed by atoms with Gasteiger partial charge in [-0.05, 0) is 60.2 Å². The molecule has 0 heterocycles. The summed E-state index contributed by atoms with van der Waals surface area (Å²) in [4.78, 5) is 25.5. The molecule has 1 amide bonds. The van der Waals surface area contributed by atoms with Crippen LogP contribution in [0.1, 0.15) is 22.8 Å². The Morgan fingerprint density at radius 1 is 0.895 bits per heavy atom. The lowest BCUT2D eigenvalue weighted by molar-refractivity contribution is -0.127. The third-order valence-electron chi connectivity index (χ3n) is 5.60. The van der Waals surface area contributed by atoms with E-state index in [0.717, 1.165) is 10.8 Å². The van der Waals surface area contributed by atoms with E-state index in [4.69, 9.17) is 30.5 Å². The average Bonchev–Trinajstić information content (AvgIpc) is 2.93. The van der Waals surface area contributed by atoms with Gasteiger partial charge in [0, 0.05) is 10.6 Å². The Balaban J connectivity index is 1.55. The molecule has 0 saturated carbocycles. The number of rotatable bonds is 9. The highest BCUT2D eigenvalue weighted by atomic mass is 35.5. The molecule has 0 radical (unpaired) electrons. The Morgan fingerprint density at radius 2 is 1.66 bits per heavy atom. The van der Waals surface area contributed by atoms with Crippen molar-refractivity contribution in [1.29, 1.82) is 0 Å². The number of carbonyl (C=O) groups is 2. The van der Waals surface area contributed by atoms with Crippen molar-refractivity contribution >= 4 is 40.5 Å². The Bertz CT molecular complexity index is 1500. The number of halogens is 1. The quantitative estimate of drug-likeness (QED) is 0.130. The van der Waals surface area contributed by atoms with Crippen molar-refractivity contribution in [3.8, 4) is 23.0 Å². The van der Waals surface area contributed by atoms with Crippen LogP contribution in [0.25, 0.3) is 10.8 Å². The van der Waals surface area contributed by atoms with Gasteiger partial charge in [-0.3, -0.25) is 4.79 Å². The lowest BCUT2D eigenvalue weighted by Crippen LogP contribution is -2.33. The molecule has 0 spiro atoms. The van der Waals surface area contributed by atoms with Crippen molar-refractivity contribution in [3.63, 3.8) is 0 Å². The van der Waals surface area contributed by atoms with Crippen molar-refractivity contribution in [2.24, 2.45) is 5.10 Å². The molecule has 0 fully saturated rings. The number of hydrogen-bond acceptors (Lipinski definition) is 7. The van der Waals surface area contributed by atoms with Crippen molar-refractivity contribution in [2.75, 3.05) is 14.2 Å². The van der Waals surface area contributed by atoms with Gasteiger partial charge in [0.1, 0.15) is 11.5 Å². The number of benzene rings is 4. The van der Waals surface area contributed by atoms with E-state index in [1.54, 1.807) is 49.4 Å². The summed E-state index contributed by atoms with van der Waals surface area (Å²) in [6, 6.07) is 22.6. The first-order valence-corrected chi connectivity index (χ1v) is 12.0. The van der Waals surface area contributed by atoms with Crippen LogP contribution in [0.2, 0.25) is 5.02 Å². The number of esters is 1. The molecule has 0 bridgehead atoms. The van der Waals surface area contributed by atoms with Crippen LogP contribution < -0.4 is 24.4 Å². The van der Waals surface area contributed by atoms with Gasteiger partial charge in [0.15, 0.2) is 17.6 Å². The molecule has 0 aromatic heterocycles. The Morgan fingerprint density at radius 3 is 2.42 bits per heavy atom. The highest BCUT2D eigenvalue weighted by Gasteiger charge is 2.17. The van der Waals surface area contributed by atoms with E-state index in [1.807, 2.05) is 30.3 Å². The fourth-order valence-electron chi connectivity index (χ4n) is 3.67. The molecule has 4 aromatic carbocycles. The van der Waals surface area contributed by atoms with Gasteiger partial charge in [0.05, 0.1) is 26.0 Å². The average molecular weight is 533 g/mol. The summed E-state index contributed by atoms with van der Waals surface area (Å²) in [6.45, 7) is 1.60. The second-order valence-corrected chi connectivity index (χ2v) is 8.55. The first-order chi connectivity index (χ1) is 18.4. The Labute approximate surface area is 224 Å². The first-order valence-electron chi connectivity index (χ1n) is 11.6. The molecule has 9 heteroatoms. The Kier molecular flexibility index (Phi) is 8.45. The second kappa shape index (κ2) is 12.1. The lowest BCUT2D eigenvalue weighted by atomic mass is 10.0. The van der Waals surface area contributed by atoms with Crippen LogP contribution in [-0.4, -0.2) is 38.4 Å². The topological polar surface area (TPSA) is 95.5 Å². The molecule has 1 atom stereocenters. The minimum absolute atomic E-state index is 0.268. The zero-order valence-electron chi connectivity index (χ0n) is 20.9. The predicted octanol–water partition coefficient (Wildman–Crippen LogP) is 5.65. The molecular weight excluding hydrogens is 508 g/mol. The fourth-order valence-corrected chi connectivity index (χ4v) is 3.85. The minimum Gasteiger partial charge on any atom is -0.493 e. The maximum atomic E-state index is 13.0. The van der Waals surface area contributed by atoms with Crippen LogP contribution in [0.4, 0.5) is 0 Å². The van der Waals surface area contributed by atoms with E-state index >= 15 is 0 Å². The number of hydrogen-bond donors (Lipinski definition) is 1. The molecule has 0 aliphatic carbocycles. The van der Waals surface area contributed by atoms with Crippen LogP contribution in [0.15, 0.2) is 84.0 Å². The highest BCUT2D eigenvalue weighted by molar-refractivity contribution is 6.30. The largest absolute Gasteiger partial charge is 0.493 e. The summed E-state index contributed by atoms with van der Waals surface area (Å²) in [5.74, 6) is 0.562. The number of nitrogens with one attached hydrogen (secondary N) is 1. The van der Waals surface area contributed by atoms with Gasteiger partial charge in [0.25, 0.3) is 5.91 Å². The molecule has 0 unspecified atom stereocenters. The zero-order chi connectivity index (χ0) is 27.1. The first kappa shape index (κ1) is 26.5. The summed E-state index contributed by atoms with van der Waals surface area (Å²) in [5, 5.41) is 6.29. The van der Waals surface area contributed by atoms with Crippen LogP contribution in [0.3, 0.4) is 0 Å². The third-order valence-corrected chi connectivity index (χ3v) is 5.83. The van der Waals surface area contributed by atoms with Gasteiger partial charge in [-0.1, -0.05) is 48.0 Å². The second-order valence-electron chi connectivity index (χ2n) is 8.11. The number of methoxy groups -OCH3 is 2. The van der Waals surface area contributed by atoms with Crippen molar-refractivity contribution in [1.82, 2.24) is 5.43 Å². The van der Waals surface area contributed by atoms with Gasteiger partial charge in [-0.2, -0.15) is 5.10 Å². The maximum absolute atomic E-state index is 13.0. The van der Waals surface area contributed by atoms with E-state index in [9.17, 15) is 9.59 Å². The number of carbonyl (C=O) groups excluding carboxylic acids is 2. The van der Waals surface area contributed by atoms with Crippen LogP contribution in [-0.2, 0) is 4.79 Å². The van der Waals surface area contributed by atoms with E-state index in [0.29, 0.717) is 27.8 Å². The Hall–Kier alpha value is -4.56. The molecule has 38 heavy (non-hydrogen) atoms. The van der Waals surface area contributed by atoms with Crippen LogP contribution in [0.5, 0.6) is 23.0 Å². The zero-order valence-corrected chi connectivity index (χ0v) is 21.7. The number of fused-ring (bicyclic) bond motifs is 1. The normalized spacial score (nSPS) is 11.7. The number of amides is 1. The minimum atomic E-state index is -0.833. The van der Waals surface area contributed by atoms with Crippen molar-refractivity contribution < 1.29 is 28.5 Å². The highest BCUT2D eigenvalue weighted by Crippen LogP contribution is 2.30. The summed E-state index contributed by atoms with van der Waals surface area (Å²) in [6.07, 6.45) is 0.601. The molecule has 8 nitrogen and oxygen atoms in total. The molecule has 1 N–H and O–H groups in total. The van der Waals surface area contributed by atoms with Gasteiger partial charge in [-0.25, -0.2) is 10.2 Å². The SMILES string of the molecule is COc1ccc(C(=O)Oc2ccc3ccccc3c2/C=N\NC(=O)[C@H](C)Oc2cccc(Cl)c2)cc1OC. The molecular formula is C29H25ClN2O6. The standard InChI is InChI=1S/C29H25ClN2O6/c1-18(37-22-9-6-8-21(30)16-22)28(33)32-31-17-24-23-10-5-4-7-19(23)11-13-25(24)38-29(34)20-12-14-26(35-2)27(15-20)36-3/h4-18H,1-3H3,(H,32,33)/b31-17-/t18-/m0/s1. The third kappa shape index (κ3) is 6.22. The molecule has 4 aromatic rings. The van der Waals surface area contributed by atoms with E-state index in [1.165, 1.54) is 26.5 Å². The van der Waals surface area contributed by atoms with Gasteiger partial charge in [0.2, 0.25) is 0 Å². The number of ether oxygens (including phenoxy) is 4. The summed E-state index contributed by atoms with van der Waals surface area (Å²) in [5.41, 5.74) is 3.26. The molecule has 4 rings (SSSR count). The predicted molar refractivity (Wildman–Crippen MR) is 146 cm³/mol. The molecule has 0 aliphatic rings. The van der Waals surface area contributed by atoms with Crippen molar-refractivity contribution in [2.45, 2.75) is 13.0 Å². The lowest BCUT2D eigenvalue weighted by Gasteiger charge is -2.13. The summed E-state index contributed by atoms with van der Waals surface area (Å²) in [7, 11) is 3.00. The van der Waals surface area contributed by atoms with Gasteiger partial charge >= 0.3 is 5.97 Å². The van der Waals surface area contributed by atoms with E-state index in [2.05, 4.69) is 10.5 Å². The smallest absolute Gasteiger partial charge is 0.343 e. The van der Waals surface area contributed by atoms with E-state index < -0.39 is 18.0 Å². The van der Waals surface area contributed by atoms with Gasteiger partial charge in [-0.15, -0.1) is 0 Å². The van der Waals surface area contributed by atoms with Crippen LogP contribution in [0, 0.1) is 0 Å². The number of nitrogens with zero attached hydrogens (tertiary/aromatic N) is 1. The van der Waals surface area contributed by atoms with Crippen LogP contribution >= 0.6 is 11.6 Å². The molecule has 0 saturated heterocycles. The summed E-state index contributed by atoms with van der Waals surface area (Å²) >= 11 is 5.97. The fraction of sp³-hybridized carbons (Fsp3) is 0.138. The molecule has 194 valence electrons. The summed E-state index contributed by atoms with van der Waals surface area (Å²) < 4.78 is 21.9. The number of hydrazone groups is 1. The monoisotopic (exact) mass is 532 g/mol. The van der Waals surface area contributed by atoms with Gasteiger partial charge < -0.3 is 18.9 Å². The molecule has 0 aliphatic heterocycles. The maximum Gasteiger partial charge on any atom is 0.343 e.